The Morgan fingerprint density at radius 2 is 2.29 bits per heavy atom. The summed E-state index contributed by atoms with van der Waals surface area (Å²) in [6.07, 6.45) is 1.08. The molecule has 0 aliphatic carbocycles. The second kappa shape index (κ2) is 6.32. The van der Waals surface area contributed by atoms with Crippen LogP contribution in [0.15, 0.2) is 18.3 Å². The molecule has 94 valence electrons. The van der Waals surface area contributed by atoms with Crippen molar-refractivity contribution in [1.29, 1.82) is 0 Å². The second-order valence-electron chi connectivity index (χ2n) is 3.95. The van der Waals surface area contributed by atoms with Crippen LogP contribution in [0.4, 0.5) is 5.69 Å². The predicted octanol–water partition coefficient (Wildman–Crippen LogP) is 0.728. The van der Waals surface area contributed by atoms with E-state index in [1.54, 1.807) is 19.4 Å². The number of likely N-dealkylation sites (N-methyl/N-ethyl adjacent to an activating group) is 1. The van der Waals surface area contributed by atoms with Crippen molar-refractivity contribution in [2.45, 2.75) is 13.0 Å². The number of nitrogens with zero attached hydrogens (tertiary/aromatic N) is 2. The van der Waals surface area contributed by atoms with Crippen LogP contribution in [0.2, 0.25) is 0 Å². The molecule has 0 aromatic carbocycles. The number of hydrogen-bond donors (Lipinski definition) is 1. The van der Waals surface area contributed by atoms with Gasteiger partial charge in [0, 0.05) is 27.6 Å². The van der Waals surface area contributed by atoms with Gasteiger partial charge >= 0.3 is 0 Å². The van der Waals surface area contributed by atoms with E-state index in [2.05, 4.69) is 4.98 Å². The maximum atomic E-state index is 11.1. The van der Waals surface area contributed by atoms with Crippen molar-refractivity contribution in [3.05, 3.63) is 24.0 Å². The number of rotatable bonds is 6. The molecule has 0 aliphatic rings. The minimum atomic E-state index is -0.544. The van der Waals surface area contributed by atoms with E-state index in [4.69, 9.17) is 4.74 Å². The Labute approximate surface area is 101 Å². The van der Waals surface area contributed by atoms with E-state index in [-0.39, 0.29) is 5.78 Å². The number of anilines is 1. The van der Waals surface area contributed by atoms with Gasteiger partial charge in [0.25, 0.3) is 0 Å². The summed E-state index contributed by atoms with van der Waals surface area (Å²) in [5, 5.41) is 9.58. The lowest BCUT2D eigenvalue weighted by atomic mass is 10.2. The maximum Gasteiger partial charge on any atom is 0.178 e. The summed E-state index contributed by atoms with van der Waals surface area (Å²) in [5.74, 6) is -0.0568. The molecule has 1 aromatic heterocycles. The van der Waals surface area contributed by atoms with Crippen LogP contribution in [0.1, 0.15) is 17.4 Å². The van der Waals surface area contributed by atoms with Gasteiger partial charge in [0.1, 0.15) is 5.69 Å². The van der Waals surface area contributed by atoms with Gasteiger partial charge in [0.2, 0.25) is 0 Å². The summed E-state index contributed by atoms with van der Waals surface area (Å²) in [7, 11) is 3.40. The fourth-order valence-corrected chi connectivity index (χ4v) is 1.49. The molecule has 1 aromatic rings. The molecule has 1 N–H and O–H groups in total. The number of aromatic nitrogens is 1. The van der Waals surface area contributed by atoms with Crippen molar-refractivity contribution in [3.8, 4) is 0 Å². The SMILES string of the molecule is COCC(O)CN(C)c1ccc(C(C)=O)nc1. The fourth-order valence-electron chi connectivity index (χ4n) is 1.49. The van der Waals surface area contributed by atoms with Crippen LogP contribution in [-0.2, 0) is 4.74 Å². The summed E-state index contributed by atoms with van der Waals surface area (Å²) in [6.45, 7) is 2.23. The fraction of sp³-hybridized carbons (Fsp3) is 0.500. The Kier molecular flexibility index (Phi) is 5.06. The minimum Gasteiger partial charge on any atom is -0.389 e. The first-order valence-electron chi connectivity index (χ1n) is 5.39. The van der Waals surface area contributed by atoms with Gasteiger partial charge in [-0.25, -0.2) is 0 Å². The van der Waals surface area contributed by atoms with Crippen molar-refractivity contribution < 1.29 is 14.6 Å². The molecule has 0 spiro atoms. The number of aliphatic hydroxyl groups excluding tert-OH is 1. The molecular weight excluding hydrogens is 220 g/mol. The quantitative estimate of drug-likeness (QED) is 0.740. The van der Waals surface area contributed by atoms with Crippen LogP contribution in [0, 0.1) is 0 Å². The van der Waals surface area contributed by atoms with Crippen LogP contribution >= 0.6 is 0 Å². The van der Waals surface area contributed by atoms with E-state index in [1.807, 2.05) is 18.0 Å². The standard InChI is InChI=1S/C12H18N2O3/c1-9(15)12-5-4-10(6-13-12)14(2)7-11(16)8-17-3/h4-6,11,16H,7-8H2,1-3H3. The zero-order chi connectivity index (χ0) is 12.8. The number of carbonyl (C=O) groups excluding carboxylic acids is 1. The van der Waals surface area contributed by atoms with Gasteiger partial charge in [-0.05, 0) is 12.1 Å². The number of ether oxygens (including phenoxy) is 1. The number of hydrogen-bond acceptors (Lipinski definition) is 5. The van der Waals surface area contributed by atoms with Crippen molar-refractivity contribution in [2.24, 2.45) is 0 Å². The molecule has 1 unspecified atom stereocenters. The van der Waals surface area contributed by atoms with Crippen molar-refractivity contribution >= 4 is 11.5 Å². The third kappa shape index (κ3) is 4.13. The molecule has 17 heavy (non-hydrogen) atoms. The van der Waals surface area contributed by atoms with E-state index in [0.717, 1.165) is 5.69 Å². The molecule has 0 saturated heterocycles. The third-order valence-electron chi connectivity index (χ3n) is 2.39. The van der Waals surface area contributed by atoms with Crippen LogP contribution < -0.4 is 4.90 Å². The zero-order valence-corrected chi connectivity index (χ0v) is 10.4. The van der Waals surface area contributed by atoms with E-state index in [1.165, 1.54) is 6.92 Å². The Balaban J connectivity index is 2.63. The first-order valence-corrected chi connectivity index (χ1v) is 5.39. The number of aliphatic hydroxyl groups is 1. The molecule has 1 heterocycles. The summed E-state index contributed by atoms with van der Waals surface area (Å²) < 4.78 is 4.85. The number of Topliss-reactive ketones (excluding diaryl/α,β-unsaturated/α-hetero) is 1. The van der Waals surface area contributed by atoms with Crippen molar-refractivity contribution in [2.75, 3.05) is 32.2 Å². The van der Waals surface area contributed by atoms with Crippen LogP contribution in [0.5, 0.6) is 0 Å². The summed E-state index contributed by atoms with van der Waals surface area (Å²) in [4.78, 5) is 17.0. The molecule has 5 nitrogen and oxygen atoms in total. The van der Waals surface area contributed by atoms with Crippen LogP contribution in [0.3, 0.4) is 0 Å². The Hall–Kier alpha value is -1.46. The number of carbonyl (C=O) groups is 1. The first-order chi connectivity index (χ1) is 8.04. The molecule has 1 atom stereocenters. The molecule has 0 aliphatic heterocycles. The monoisotopic (exact) mass is 238 g/mol. The van der Waals surface area contributed by atoms with E-state index >= 15 is 0 Å². The lowest BCUT2D eigenvalue weighted by molar-refractivity contribution is 0.0695. The van der Waals surface area contributed by atoms with Gasteiger partial charge < -0.3 is 14.7 Å². The minimum absolute atomic E-state index is 0.0568. The smallest absolute Gasteiger partial charge is 0.178 e. The van der Waals surface area contributed by atoms with Gasteiger partial charge in [0.15, 0.2) is 5.78 Å². The summed E-state index contributed by atoms with van der Waals surface area (Å²) in [6, 6.07) is 3.49. The molecule has 5 heteroatoms. The highest BCUT2D eigenvalue weighted by molar-refractivity contribution is 5.92. The van der Waals surface area contributed by atoms with Crippen LogP contribution in [0.25, 0.3) is 0 Å². The zero-order valence-electron chi connectivity index (χ0n) is 10.4. The van der Waals surface area contributed by atoms with Gasteiger partial charge in [-0.1, -0.05) is 0 Å². The van der Waals surface area contributed by atoms with Gasteiger partial charge in [-0.3, -0.25) is 9.78 Å². The predicted molar refractivity (Wildman–Crippen MR) is 65.4 cm³/mol. The summed E-state index contributed by atoms with van der Waals surface area (Å²) >= 11 is 0. The Morgan fingerprint density at radius 1 is 1.59 bits per heavy atom. The molecule has 0 radical (unpaired) electrons. The van der Waals surface area contributed by atoms with Gasteiger partial charge in [-0.2, -0.15) is 0 Å². The molecule has 0 fully saturated rings. The highest BCUT2D eigenvalue weighted by Crippen LogP contribution is 2.12. The number of ketones is 1. The molecular formula is C12H18N2O3. The van der Waals surface area contributed by atoms with Crippen molar-refractivity contribution in [1.82, 2.24) is 4.98 Å². The number of methoxy groups -OCH3 is 1. The average Bonchev–Trinajstić information content (AvgIpc) is 2.29. The molecule has 0 saturated carbocycles. The highest BCUT2D eigenvalue weighted by Gasteiger charge is 2.09. The summed E-state index contributed by atoms with van der Waals surface area (Å²) in [5.41, 5.74) is 1.30. The maximum absolute atomic E-state index is 11.1. The average molecular weight is 238 g/mol. The van der Waals surface area contributed by atoms with Gasteiger partial charge in [-0.15, -0.1) is 0 Å². The Bertz CT molecular complexity index is 365. The normalized spacial score (nSPS) is 12.2. The molecule has 0 bridgehead atoms. The molecule has 0 amide bonds. The molecule has 1 rings (SSSR count). The number of pyridine rings is 1. The largest absolute Gasteiger partial charge is 0.389 e. The van der Waals surface area contributed by atoms with Gasteiger partial charge in [0.05, 0.1) is 24.6 Å². The van der Waals surface area contributed by atoms with Crippen LogP contribution in [-0.4, -0.2) is 49.3 Å². The second-order valence-corrected chi connectivity index (χ2v) is 3.95. The van der Waals surface area contributed by atoms with Crippen molar-refractivity contribution in [3.63, 3.8) is 0 Å². The third-order valence-corrected chi connectivity index (χ3v) is 2.39. The highest BCUT2D eigenvalue weighted by atomic mass is 16.5. The Morgan fingerprint density at radius 3 is 2.76 bits per heavy atom. The topological polar surface area (TPSA) is 62.7 Å². The lowest BCUT2D eigenvalue weighted by Gasteiger charge is -2.22. The van der Waals surface area contributed by atoms with E-state index in [9.17, 15) is 9.90 Å². The van der Waals surface area contributed by atoms with E-state index < -0.39 is 6.10 Å². The van der Waals surface area contributed by atoms with E-state index in [0.29, 0.717) is 18.8 Å². The lowest BCUT2D eigenvalue weighted by Crippen LogP contribution is -2.31. The first kappa shape index (κ1) is 13.6.